The Morgan fingerprint density at radius 2 is 2.00 bits per heavy atom. The molecule has 2 fully saturated rings. The topological polar surface area (TPSA) is 63.1 Å². The van der Waals surface area contributed by atoms with Crippen molar-refractivity contribution in [3.63, 3.8) is 0 Å². The zero-order valence-corrected chi connectivity index (χ0v) is 13.1. The minimum absolute atomic E-state index is 0.0209. The highest BCUT2D eigenvalue weighted by molar-refractivity contribution is 5.94. The molecule has 1 amide bonds. The van der Waals surface area contributed by atoms with Crippen LogP contribution in [0.25, 0.3) is 5.69 Å². The molecule has 0 unspecified atom stereocenters. The average molecular weight is 311 g/mol. The van der Waals surface area contributed by atoms with E-state index in [0.29, 0.717) is 11.6 Å². The Kier molecular flexibility index (Phi) is 3.83. The third kappa shape index (κ3) is 2.86. The van der Waals surface area contributed by atoms with Gasteiger partial charge in [0.1, 0.15) is 12.7 Å². The smallest absolute Gasteiger partial charge is 0.251 e. The first-order chi connectivity index (χ1) is 11.3. The van der Waals surface area contributed by atoms with Crippen molar-refractivity contribution in [2.24, 2.45) is 0 Å². The summed E-state index contributed by atoms with van der Waals surface area (Å²) in [5, 5.41) is 7.32. The lowest BCUT2D eigenvalue weighted by Crippen LogP contribution is -2.46. The molecule has 120 valence electrons. The predicted molar refractivity (Wildman–Crippen MR) is 86.4 cm³/mol. The molecule has 0 aliphatic carbocycles. The maximum atomic E-state index is 12.5. The zero-order valence-electron chi connectivity index (χ0n) is 13.1. The van der Waals surface area contributed by atoms with Crippen molar-refractivity contribution >= 4 is 5.91 Å². The van der Waals surface area contributed by atoms with Gasteiger partial charge in [-0.1, -0.05) is 6.42 Å². The number of nitrogens with zero attached hydrogens (tertiary/aromatic N) is 4. The van der Waals surface area contributed by atoms with Crippen molar-refractivity contribution in [3.8, 4) is 5.69 Å². The van der Waals surface area contributed by atoms with Crippen LogP contribution >= 0.6 is 0 Å². The number of carbonyl (C=O) groups is 1. The molecule has 1 aromatic heterocycles. The SMILES string of the molecule is O=C(N[C@@H]1CCN2CCCC[C@H]12)c1ccc(-n2cncn2)cc1. The Bertz CT molecular complexity index is 667. The van der Waals surface area contributed by atoms with Gasteiger partial charge >= 0.3 is 0 Å². The number of benzene rings is 1. The minimum atomic E-state index is 0.0209. The van der Waals surface area contributed by atoms with E-state index in [2.05, 4.69) is 20.3 Å². The van der Waals surface area contributed by atoms with E-state index in [4.69, 9.17) is 0 Å². The second-order valence-corrected chi connectivity index (χ2v) is 6.35. The van der Waals surface area contributed by atoms with E-state index >= 15 is 0 Å². The number of fused-ring (bicyclic) bond motifs is 1. The molecule has 6 heteroatoms. The number of aromatic nitrogens is 3. The summed E-state index contributed by atoms with van der Waals surface area (Å²) in [6, 6.07) is 8.30. The van der Waals surface area contributed by atoms with Crippen molar-refractivity contribution in [1.29, 1.82) is 0 Å². The molecule has 0 spiro atoms. The summed E-state index contributed by atoms with van der Waals surface area (Å²) in [4.78, 5) is 19.0. The maximum Gasteiger partial charge on any atom is 0.251 e. The summed E-state index contributed by atoms with van der Waals surface area (Å²) >= 11 is 0. The summed E-state index contributed by atoms with van der Waals surface area (Å²) < 4.78 is 1.68. The van der Waals surface area contributed by atoms with Crippen LogP contribution in [0, 0.1) is 0 Å². The van der Waals surface area contributed by atoms with Crippen LogP contribution < -0.4 is 5.32 Å². The van der Waals surface area contributed by atoms with Gasteiger partial charge in [0.15, 0.2) is 0 Å². The van der Waals surface area contributed by atoms with E-state index in [1.54, 1.807) is 11.0 Å². The molecule has 3 heterocycles. The molecule has 0 bridgehead atoms. The summed E-state index contributed by atoms with van der Waals surface area (Å²) in [5.74, 6) is 0.0209. The predicted octanol–water partition coefficient (Wildman–Crippen LogP) is 1.62. The van der Waals surface area contributed by atoms with Crippen LogP contribution in [0.4, 0.5) is 0 Å². The van der Waals surface area contributed by atoms with Crippen molar-refractivity contribution in [1.82, 2.24) is 25.0 Å². The van der Waals surface area contributed by atoms with Gasteiger partial charge in [-0.05, 0) is 50.1 Å². The molecule has 0 saturated carbocycles. The van der Waals surface area contributed by atoms with Crippen LogP contribution in [0.5, 0.6) is 0 Å². The Morgan fingerprint density at radius 3 is 2.78 bits per heavy atom. The lowest BCUT2D eigenvalue weighted by Gasteiger charge is -2.32. The van der Waals surface area contributed by atoms with E-state index in [-0.39, 0.29) is 11.9 Å². The number of rotatable bonds is 3. The van der Waals surface area contributed by atoms with Gasteiger partial charge in [-0.2, -0.15) is 5.10 Å². The van der Waals surface area contributed by atoms with Crippen molar-refractivity contribution in [2.45, 2.75) is 37.8 Å². The van der Waals surface area contributed by atoms with Gasteiger partial charge in [-0.15, -0.1) is 0 Å². The molecular weight excluding hydrogens is 290 g/mol. The molecule has 1 N–H and O–H groups in total. The molecule has 2 atom stereocenters. The van der Waals surface area contributed by atoms with Crippen LogP contribution in [-0.2, 0) is 0 Å². The average Bonchev–Trinajstić information content (AvgIpc) is 3.25. The number of hydrogen-bond donors (Lipinski definition) is 1. The zero-order chi connectivity index (χ0) is 15.6. The highest BCUT2D eigenvalue weighted by Crippen LogP contribution is 2.27. The van der Waals surface area contributed by atoms with Gasteiger partial charge in [0.25, 0.3) is 5.91 Å². The first-order valence-corrected chi connectivity index (χ1v) is 8.31. The first kappa shape index (κ1) is 14.4. The standard InChI is InChI=1S/C17H21N5O/c23-17(20-15-8-10-21-9-2-1-3-16(15)21)13-4-6-14(7-5-13)22-12-18-11-19-22/h4-7,11-12,15-16H,1-3,8-10H2,(H,20,23)/t15-,16-/m1/s1. The summed E-state index contributed by atoms with van der Waals surface area (Å²) in [5.41, 5.74) is 1.60. The van der Waals surface area contributed by atoms with Crippen molar-refractivity contribution < 1.29 is 4.79 Å². The molecule has 2 aromatic rings. The van der Waals surface area contributed by atoms with Crippen LogP contribution in [0.15, 0.2) is 36.9 Å². The maximum absolute atomic E-state index is 12.5. The number of piperidine rings is 1. The molecule has 2 aliphatic rings. The summed E-state index contributed by atoms with van der Waals surface area (Å²) in [6.45, 7) is 2.30. The van der Waals surface area contributed by atoms with Crippen LogP contribution in [0.2, 0.25) is 0 Å². The number of carbonyl (C=O) groups excluding carboxylic acids is 1. The molecule has 1 aromatic carbocycles. The monoisotopic (exact) mass is 311 g/mol. The van der Waals surface area contributed by atoms with Gasteiger partial charge in [0.2, 0.25) is 0 Å². The number of nitrogens with one attached hydrogen (secondary N) is 1. The largest absolute Gasteiger partial charge is 0.348 e. The Balaban J connectivity index is 1.43. The lowest BCUT2D eigenvalue weighted by molar-refractivity contribution is 0.0915. The highest BCUT2D eigenvalue weighted by atomic mass is 16.1. The molecular formula is C17H21N5O. The Hall–Kier alpha value is -2.21. The normalized spacial score (nSPS) is 24.3. The van der Waals surface area contributed by atoms with Gasteiger partial charge < -0.3 is 5.32 Å². The summed E-state index contributed by atoms with van der Waals surface area (Å²) in [7, 11) is 0. The third-order valence-electron chi connectivity index (χ3n) is 4.99. The minimum Gasteiger partial charge on any atom is -0.348 e. The fourth-order valence-electron chi connectivity index (χ4n) is 3.77. The highest BCUT2D eigenvalue weighted by Gasteiger charge is 2.36. The third-order valence-corrected chi connectivity index (χ3v) is 4.99. The molecule has 4 rings (SSSR count). The molecule has 0 radical (unpaired) electrons. The Morgan fingerprint density at radius 1 is 1.13 bits per heavy atom. The molecule has 2 aliphatic heterocycles. The van der Waals surface area contributed by atoms with E-state index in [1.807, 2.05) is 24.3 Å². The van der Waals surface area contributed by atoms with E-state index < -0.39 is 0 Å². The molecule has 2 saturated heterocycles. The first-order valence-electron chi connectivity index (χ1n) is 8.31. The van der Waals surface area contributed by atoms with E-state index in [1.165, 1.54) is 32.1 Å². The fraction of sp³-hybridized carbons (Fsp3) is 0.471. The van der Waals surface area contributed by atoms with Crippen LogP contribution in [-0.4, -0.2) is 50.7 Å². The van der Waals surface area contributed by atoms with Gasteiger partial charge in [0.05, 0.1) is 5.69 Å². The van der Waals surface area contributed by atoms with Crippen molar-refractivity contribution in [3.05, 3.63) is 42.5 Å². The van der Waals surface area contributed by atoms with Crippen molar-refractivity contribution in [2.75, 3.05) is 13.1 Å². The van der Waals surface area contributed by atoms with Gasteiger partial charge in [0, 0.05) is 24.2 Å². The number of amides is 1. The quantitative estimate of drug-likeness (QED) is 0.936. The van der Waals surface area contributed by atoms with E-state index in [9.17, 15) is 4.79 Å². The van der Waals surface area contributed by atoms with Crippen LogP contribution in [0.3, 0.4) is 0 Å². The second kappa shape index (κ2) is 6.12. The molecule has 6 nitrogen and oxygen atoms in total. The Labute approximate surface area is 135 Å². The van der Waals surface area contributed by atoms with Crippen LogP contribution in [0.1, 0.15) is 36.0 Å². The lowest BCUT2D eigenvalue weighted by atomic mass is 9.99. The van der Waals surface area contributed by atoms with E-state index in [0.717, 1.165) is 18.7 Å². The number of hydrogen-bond acceptors (Lipinski definition) is 4. The van der Waals surface area contributed by atoms with Gasteiger partial charge in [-0.3, -0.25) is 9.69 Å². The second-order valence-electron chi connectivity index (χ2n) is 6.35. The summed E-state index contributed by atoms with van der Waals surface area (Å²) in [6.07, 6.45) is 7.98. The fourth-order valence-corrected chi connectivity index (χ4v) is 3.77. The van der Waals surface area contributed by atoms with Gasteiger partial charge in [-0.25, -0.2) is 9.67 Å². The molecule has 23 heavy (non-hydrogen) atoms.